The number of nitrogens with zero attached hydrogens (tertiary/aromatic N) is 8. The zero-order chi connectivity index (χ0) is 21.0. The van der Waals surface area contributed by atoms with Gasteiger partial charge >= 0.3 is 0 Å². The molecule has 0 saturated carbocycles. The predicted octanol–water partition coefficient (Wildman–Crippen LogP) is 2.89. The molecule has 0 aromatic carbocycles. The Kier molecular flexibility index (Phi) is 8.12. The molecule has 0 aromatic heterocycles. The first-order valence-electron chi connectivity index (χ1n) is 9.09. The number of allylic oxidation sites excluding steroid dienone is 4. The summed E-state index contributed by atoms with van der Waals surface area (Å²) < 4.78 is 0. The van der Waals surface area contributed by atoms with Crippen molar-refractivity contribution in [3.8, 4) is 0 Å². The molecule has 29 heavy (non-hydrogen) atoms. The molecule has 0 radical (unpaired) electrons. The third-order valence-electron chi connectivity index (χ3n) is 4.29. The standard InChI is InChI=1S/C17H28N12/c1-18-26-22-16(23-27-19-2)9-5-7-14(12-16)11-15-8-6-10-17(13-15,24-28-20-3)25-29-21-4/h5-10H,11-13H2,1-4H3,(H,18,22)(H,19,23)(H,20,24)(H,21,25). The molecular weight excluding hydrogens is 372 g/mol. The van der Waals surface area contributed by atoms with E-state index < -0.39 is 11.3 Å². The Balaban J connectivity index is 2.13. The molecule has 0 aromatic rings. The molecule has 0 amide bonds. The molecule has 0 saturated heterocycles. The molecule has 0 fully saturated rings. The van der Waals surface area contributed by atoms with Crippen LogP contribution in [0.15, 0.2) is 89.0 Å². The van der Waals surface area contributed by atoms with Gasteiger partial charge in [-0.05, 0) is 18.6 Å². The minimum Gasteiger partial charge on any atom is -0.261 e. The summed E-state index contributed by atoms with van der Waals surface area (Å²) in [5, 5.41) is 30.8. The third-order valence-corrected chi connectivity index (χ3v) is 4.29. The van der Waals surface area contributed by atoms with Crippen LogP contribution in [0.5, 0.6) is 0 Å². The van der Waals surface area contributed by atoms with Crippen molar-refractivity contribution in [1.82, 2.24) is 21.7 Å². The van der Waals surface area contributed by atoms with Gasteiger partial charge in [0.1, 0.15) is 0 Å². The minimum atomic E-state index is -0.686. The number of rotatable bonds is 10. The van der Waals surface area contributed by atoms with Crippen molar-refractivity contribution in [2.75, 3.05) is 28.2 Å². The maximum atomic E-state index is 3.93. The van der Waals surface area contributed by atoms with Crippen molar-refractivity contribution in [2.45, 2.75) is 30.6 Å². The molecule has 0 spiro atoms. The van der Waals surface area contributed by atoms with Crippen molar-refractivity contribution in [3.63, 3.8) is 0 Å². The fourth-order valence-electron chi connectivity index (χ4n) is 3.10. The van der Waals surface area contributed by atoms with Gasteiger partial charge in [-0.3, -0.25) is 21.7 Å². The summed E-state index contributed by atoms with van der Waals surface area (Å²) in [5.74, 6) is 0. The smallest absolute Gasteiger partial charge is 0.165 e. The first-order chi connectivity index (χ1) is 14.1. The molecule has 0 atom stereocenters. The van der Waals surface area contributed by atoms with Crippen molar-refractivity contribution in [1.29, 1.82) is 0 Å². The second-order valence-corrected chi connectivity index (χ2v) is 6.49. The summed E-state index contributed by atoms with van der Waals surface area (Å²) in [6.07, 6.45) is 14.0. The summed E-state index contributed by atoms with van der Waals surface area (Å²) in [4.78, 5) is 0. The summed E-state index contributed by atoms with van der Waals surface area (Å²) >= 11 is 0. The van der Waals surface area contributed by atoms with E-state index in [1.807, 2.05) is 24.3 Å². The van der Waals surface area contributed by atoms with Gasteiger partial charge in [-0.1, -0.05) is 56.3 Å². The average molecular weight is 400 g/mol. The average Bonchev–Trinajstić information content (AvgIpc) is 2.74. The van der Waals surface area contributed by atoms with Gasteiger partial charge < -0.3 is 0 Å². The first-order valence-corrected chi connectivity index (χ1v) is 9.09. The molecule has 12 nitrogen and oxygen atoms in total. The molecule has 0 unspecified atom stereocenters. The normalized spacial score (nSPS) is 27.0. The van der Waals surface area contributed by atoms with Gasteiger partial charge in [-0.2, -0.15) is 20.5 Å². The lowest BCUT2D eigenvalue weighted by atomic mass is 9.86. The first kappa shape index (κ1) is 21.9. The van der Waals surface area contributed by atoms with Crippen LogP contribution in [0, 0.1) is 0 Å². The van der Waals surface area contributed by atoms with Crippen molar-refractivity contribution >= 4 is 0 Å². The van der Waals surface area contributed by atoms with Crippen LogP contribution in [0.1, 0.15) is 19.3 Å². The Bertz CT molecular complexity index is 679. The summed E-state index contributed by atoms with van der Waals surface area (Å²) in [5.41, 5.74) is 13.1. The Morgan fingerprint density at radius 2 is 1.00 bits per heavy atom. The van der Waals surface area contributed by atoms with E-state index in [4.69, 9.17) is 0 Å². The Labute approximate surface area is 170 Å². The van der Waals surface area contributed by atoms with E-state index in [0.29, 0.717) is 12.8 Å². The van der Waals surface area contributed by atoms with E-state index in [-0.39, 0.29) is 0 Å². The van der Waals surface area contributed by atoms with Crippen molar-refractivity contribution in [3.05, 3.63) is 47.6 Å². The predicted molar refractivity (Wildman–Crippen MR) is 109 cm³/mol. The van der Waals surface area contributed by atoms with Gasteiger partial charge in [0.15, 0.2) is 11.3 Å². The molecule has 0 aliphatic heterocycles. The fourth-order valence-corrected chi connectivity index (χ4v) is 3.10. The van der Waals surface area contributed by atoms with Crippen LogP contribution in [0.2, 0.25) is 0 Å². The largest absolute Gasteiger partial charge is 0.261 e. The summed E-state index contributed by atoms with van der Waals surface area (Å²) in [7, 11) is 6.41. The van der Waals surface area contributed by atoms with E-state index >= 15 is 0 Å². The van der Waals surface area contributed by atoms with Gasteiger partial charge in [0.2, 0.25) is 0 Å². The van der Waals surface area contributed by atoms with Crippen LogP contribution in [0.25, 0.3) is 0 Å². The van der Waals surface area contributed by atoms with Gasteiger partial charge in [0.05, 0.1) is 28.2 Å². The molecule has 2 aliphatic carbocycles. The van der Waals surface area contributed by atoms with Gasteiger partial charge in [-0.25, -0.2) is 0 Å². The molecule has 4 N–H and O–H groups in total. The molecule has 0 heterocycles. The zero-order valence-corrected chi connectivity index (χ0v) is 17.2. The number of hydrogen-bond acceptors (Lipinski definition) is 8. The second-order valence-electron chi connectivity index (χ2n) is 6.49. The third kappa shape index (κ3) is 6.30. The topological polar surface area (TPSA) is 147 Å². The second kappa shape index (κ2) is 10.8. The highest BCUT2D eigenvalue weighted by Crippen LogP contribution is 2.31. The maximum absolute atomic E-state index is 3.93. The highest BCUT2D eigenvalue weighted by atomic mass is 15.6. The molecule has 2 aliphatic rings. The number of nitrogens with one attached hydrogen (secondary N) is 4. The monoisotopic (exact) mass is 400 g/mol. The van der Waals surface area contributed by atoms with Crippen LogP contribution in [0.3, 0.4) is 0 Å². The maximum Gasteiger partial charge on any atom is 0.165 e. The van der Waals surface area contributed by atoms with Gasteiger partial charge in [0, 0.05) is 12.8 Å². The van der Waals surface area contributed by atoms with Crippen molar-refractivity contribution in [2.24, 2.45) is 41.4 Å². The van der Waals surface area contributed by atoms with Crippen LogP contribution < -0.4 is 21.7 Å². The van der Waals surface area contributed by atoms with Crippen molar-refractivity contribution < 1.29 is 0 Å². The zero-order valence-electron chi connectivity index (χ0n) is 17.2. The lowest BCUT2D eigenvalue weighted by Crippen LogP contribution is -2.52. The molecule has 12 heteroatoms. The van der Waals surface area contributed by atoms with Crippen LogP contribution >= 0.6 is 0 Å². The van der Waals surface area contributed by atoms with E-state index in [1.165, 1.54) is 11.1 Å². The minimum absolute atomic E-state index is 0.639. The Morgan fingerprint density at radius 3 is 1.31 bits per heavy atom. The Hall–Kier alpha value is -3.44. The lowest BCUT2D eigenvalue weighted by molar-refractivity contribution is 0.305. The SMILES string of the molecule is CN=NNC1(NN=NC)C=CC=C(CC2=CC=CC(NN=NC)(NN=NC)C2)C1. The summed E-state index contributed by atoms with van der Waals surface area (Å²) in [6.45, 7) is 0. The van der Waals surface area contributed by atoms with E-state index in [0.717, 1.165) is 6.42 Å². The quantitative estimate of drug-likeness (QED) is 0.253. The molecule has 0 bridgehead atoms. The van der Waals surface area contributed by atoms with Gasteiger partial charge in [-0.15, -0.1) is 0 Å². The van der Waals surface area contributed by atoms with Gasteiger partial charge in [0.25, 0.3) is 0 Å². The van der Waals surface area contributed by atoms with E-state index in [1.54, 1.807) is 28.2 Å². The Morgan fingerprint density at radius 1 is 0.655 bits per heavy atom. The number of hydrogen-bond donors (Lipinski definition) is 4. The highest BCUT2D eigenvalue weighted by molar-refractivity contribution is 5.34. The van der Waals surface area contributed by atoms with E-state index in [2.05, 4.69) is 75.2 Å². The molecule has 156 valence electrons. The lowest BCUT2D eigenvalue weighted by Gasteiger charge is -2.34. The van der Waals surface area contributed by atoms with Crippen LogP contribution in [-0.2, 0) is 0 Å². The van der Waals surface area contributed by atoms with E-state index in [9.17, 15) is 0 Å². The van der Waals surface area contributed by atoms with Crippen LogP contribution in [0.4, 0.5) is 0 Å². The van der Waals surface area contributed by atoms with Crippen LogP contribution in [-0.4, -0.2) is 39.5 Å². The highest BCUT2D eigenvalue weighted by Gasteiger charge is 2.33. The molecule has 2 rings (SSSR count). The summed E-state index contributed by atoms with van der Waals surface area (Å²) in [6, 6.07) is 0. The fraction of sp³-hybridized carbons (Fsp3) is 0.529. The molecular formula is C17H28N12.